The van der Waals surface area contributed by atoms with Gasteiger partial charge < -0.3 is 14.6 Å². The number of halogens is 1. The van der Waals surface area contributed by atoms with Gasteiger partial charge in [0.15, 0.2) is 0 Å². The van der Waals surface area contributed by atoms with Gasteiger partial charge in [0.25, 0.3) is 0 Å². The highest BCUT2D eigenvalue weighted by Gasteiger charge is 2.16. The predicted octanol–water partition coefficient (Wildman–Crippen LogP) is 2.73. The summed E-state index contributed by atoms with van der Waals surface area (Å²) in [5.74, 6) is 0.0799. The molecule has 94 valence electrons. The molecule has 0 spiro atoms. The van der Waals surface area contributed by atoms with Crippen LogP contribution in [0.4, 0.5) is 0 Å². The lowest BCUT2D eigenvalue weighted by molar-refractivity contribution is 0.0694. The summed E-state index contributed by atoms with van der Waals surface area (Å²) in [7, 11) is 3.02. The first-order valence-corrected chi connectivity index (χ1v) is 6.30. The fourth-order valence-electron chi connectivity index (χ4n) is 1.61. The van der Waals surface area contributed by atoms with Crippen LogP contribution in [0.1, 0.15) is 22.3 Å². The van der Waals surface area contributed by atoms with Crippen molar-refractivity contribution in [2.24, 2.45) is 0 Å². The van der Waals surface area contributed by atoms with Crippen molar-refractivity contribution in [1.29, 1.82) is 0 Å². The number of hydrogen-bond acceptors (Lipinski definition) is 3. The molecule has 0 atom stereocenters. The van der Waals surface area contributed by atoms with E-state index in [1.807, 2.05) is 0 Å². The van der Waals surface area contributed by atoms with Gasteiger partial charge in [-0.2, -0.15) is 0 Å². The summed E-state index contributed by atoms with van der Waals surface area (Å²) in [6, 6.07) is 3.23. The Morgan fingerprint density at radius 3 is 2.53 bits per heavy atom. The van der Waals surface area contributed by atoms with Gasteiger partial charge >= 0.3 is 5.97 Å². The SMILES string of the molecule is COc1cc(OC)c(CCCBr)c(C(=O)O)c1. The first-order chi connectivity index (χ1) is 8.13. The topological polar surface area (TPSA) is 55.8 Å². The zero-order chi connectivity index (χ0) is 12.8. The number of aromatic carboxylic acids is 1. The molecule has 0 aliphatic heterocycles. The van der Waals surface area contributed by atoms with Gasteiger partial charge in [-0.15, -0.1) is 0 Å². The molecule has 0 radical (unpaired) electrons. The van der Waals surface area contributed by atoms with Crippen molar-refractivity contribution >= 4 is 21.9 Å². The predicted molar refractivity (Wildman–Crippen MR) is 68.6 cm³/mol. The van der Waals surface area contributed by atoms with Gasteiger partial charge in [0, 0.05) is 17.0 Å². The van der Waals surface area contributed by atoms with E-state index in [1.165, 1.54) is 20.3 Å². The second kappa shape index (κ2) is 6.49. The van der Waals surface area contributed by atoms with E-state index in [2.05, 4.69) is 15.9 Å². The maximum Gasteiger partial charge on any atom is 0.336 e. The van der Waals surface area contributed by atoms with Gasteiger partial charge in [0.1, 0.15) is 11.5 Å². The zero-order valence-corrected chi connectivity index (χ0v) is 11.4. The monoisotopic (exact) mass is 302 g/mol. The lowest BCUT2D eigenvalue weighted by Gasteiger charge is -2.13. The van der Waals surface area contributed by atoms with Crippen molar-refractivity contribution in [3.63, 3.8) is 0 Å². The Kier molecular flexibility index (Phi) is 5.28. The number of alkyl halides is 1. The Bertz CT molecular complexity index is 404. The highest BCUT2D eigenvalue weighted by Crippen LogP contribution is 2.30. The molecule has 0 amide bonds. The first-order valence-electron chi connectivity index (χ1n) is 5.18. The van der Waals surface area contributed by atoms with Crippen molar-refractivity contribution < 1.29 is 19.4 Å². The van der Waals surface area contributed by atoms with E-state index >= 15 is 0 Å². The third-order valence-corrected chi connectivity index (χ3v) is 2.99. The molecule has 17 heavy (non-hydrogen) atoms. The molecule has 1 aromatic carbocycles. The number of ether oxygens (including phenoxy) is 2. The Hall–Kier alpha value is -1.23. The Labute approximate surface area is 109 Å². The minimum absolute atomic E-state index is 0.238. The lowest BCUT2D eigenvalue weighted by Crippen LogP contribution is -2.06. The van der Waals surface area contributed by atoms with E-state index in [1.54, 1.807) is 6.07 Å². The smallest absolute Gasteiger partial charge is 0.336 e. The summed E-state index contributed by atoms with van der Waals surface area (Å²) in [6.07, 6.45) is 1.50. The van der Waals surface area contributed by atoms with E-state index in [4.69, 9.17) is 9.47 Å². The van der Waals surface area contributed by atoms with Crippen molar-refractivity contribution in [3.8, 4) is 11.5 Å². The van der Waals surface area contributed by atoms with Gasteiger partial charge in [-0.1, -0.05) is 15.9 Å². The van der Waals surface area contributed by atoms with E-state index in [9.17, 15) is 9.90 Å². The standard InChI is InChI=1S/C12H15BrO4/c1-16-8-6-10(12(14)15)9(4-3-5-13)11(7-8)17-2/h6-7H,3-5H2,1-2H3,(H,14,15). The molecule has 1 N–H and O–H groups in total. The minimum Gasteiger partial charge on any atom is -0.497 e. The van der Waals surface area contributed by atoms with Crippen molar-refractivity contribution in [2.75, 3.05) is 19.5 Å². The number of carboxylic acid groups (broad SMARTS) is 1. The second-order valence-corrected chi connectivity index (χ2v) is 4.25. The summed E-state index contributed by atoms with van der Waals surface area (Å²) in [5.41, 5.74) is 0.947. The number of methoxy groups -OCH3 is 2. The summed E-state index contributed by atoms with van der Waals surface area (Å²) in [4.78, 5) is 11.2. The molecule has 1 aromatic rings. The zero-order valence-electron chi connectivity index (χ0n) is 9.83. The maximum atomic E-state index is 11.2. The van der Waals surface area contributed by atoms with Crippen molar-refractivity contribution in [2.45, 2.75) is 12.8 Å². The molecule has 0 unspecified atom stereocenters. The fourth-order valence-corrected chi connectivity index (χ4v) is 1.89. The number of carboxylic acids is 1. The van der Waals surface area contributed by atoms with Gasteiger partial charge in [0.2, 0.25) is 0 Å². The molecule has 5 heteroatoms. The molecule has 0 aliphatic carbocycles. The first kappa shape index (κ1) is 13.8. The van der Waals surface area contributed by atoms with Crippen LogP contribution in [0.15, 0.2) is 12.1 Å². The van der Waals surface area contributed by atoms with Crippen LogP contribution in [-0.2, 0) is 6.42 Å². The highest BCUT2D eigenvalue weighted by atomic mass is 79.9. The Morgan fingerprint density at radius 2 is 2.06 bits per heavy atom. The molecule has 0 saturated heterocycles. The largest absolute Gasteiger partial charge is 0.497 e. The van der Waals surface area contributed by atoms with E-state index in [-0.39, 0.29) is 5.56 Å². The van der Waals surface area contributed by atoms with Gasteiger partial charge in [-0.3, -0.25) is 0 Å². The van der Waals surface area contributed by atoms with Crippen LogP contribution in [0.2, 0.25) is 0 Å². The van der Waals surface area contributed by atoms with E-state index in [0.717, 1.165) is 11.8 Å². The summed E-state index contributed by atoms with van der Waals surface area (Å²) in [6.45, 7) is 0. The van der Waals surface area contributed by atoms with Crippen LogP contribution < -0.4 is 9.47 Å². The third kappa shape index (κ3) is 3.36. The number of carbonyl (C=O) groups is 1. The van der Waals surface area contributed by atoms with Crippen LogP contribution >= 0.6 is 15.9 Å². The molecular formula is C12H15BrO4. The Balaban J connectivity index is 3.25. The lowest BCUT2D eigenvalue weighted by atomic mass is 10.0. The van der Waals surface area contributed by atoms with E-state index < -0.39 is 5.97 Å². The molecule has 0 aliphatic rings. The molecule has 0 aromatic heterocycles. The molecular weight excluding hydrogens is 288 g/mol. The van der Waals surface area contributed by atoms with Crippen LogP contribution in [0.25, 0.3) is 0 Å². The molecule has 0 bridgehead atoms. The van der Waals surface area contributed by atoms with Gasteiger partial charge in [-0.25, -0.2) is 4.79 Å². The van der Waals surface area contributed by atoms with Gasteiger partial charge in [0.05, 0.1) is 19.8 Å². The van der Waals surface area contributed by atoms with Crippen molar-refractivity contribution in [3.05, 3.63) is 23.3 Å². The van der Waals surface area contributed by atoms with Gasteiger partial charge in [-0.05, 0) is 18.9 Å². The van der Waals surface area contributed by atoms with Crippen molar-refractivity contribution in [1.82, 2.24) is 0 Å². The van der Waals surface area contributed by atoms with E-state index in [0.29, 0.717) is 23.5 Å². The second-order valence-electron chi connectivity index (χ2n) is 3.45. The summed E-state index contributed by atoms with van der Waals surface area (Å²) in [5, 5.41) is 10.0. The minimum atomic E-state index is -0.966. The normalized spacial score (nSPS) is 10.1. The Morgan fingerprint density at radius 1 is 1.35 bits per heavy atom. The number of benzene rings is 1. The van der Waals surface area contributed by atoms with Crippen LogP contribution in [0.5, 0.6) is 11.5 Å². The third-order valence-electron chi connectivity index (χ3n) is 2.43. The van der Waals surface area contributed by atoms with Crippen LogP contribution in [0, 0.1) is 0 Å². The van der Waals surface area contributed by atoms with Crippen LogP contribution in [0.3, 0.4) is 0 Å². The molecule has 0 heterocycles. The summed E-state index contributed by atoms with van der Waals surface area (Å²) >= 11 is 3.33. The quantitative estimate of drug-likeness (QED) is 0.821. The summed E-state index contributed by atoms with van der Waals surface area (Å²) < 4.78 is 10.3. The molecule has 1 rings (SSSR count). The average molecular weight is 303 g/mol. The number of rotatable bonds is 6. The molecule has 4 nitrogen and oxygen atoms in total. The molecule has 0 fully saturated rings. The molecule has 0 saturated carbocycles. The maximum absolute atomic E-state index is 11.2. The van der Waals surface area contributed by atoms with Crippen LogP contribution in [-0.4, -0.2) is 30.6 Å². The number of hydrogen-bond donors (Lipinski definition) is 1. The average Bonchev–Trinajstić information content (AvgIpc) is 2.35. The fraction of sp³-hybridized carbons (Fsp3) is 0.417. The highest BCUT2D eigenvalue weighted by molar-refractivity contribution is 9.09.